The molecule has 1 aliphatic carbocycles. The van der Waals surface area contributed by atoms with E-state index in [4.69, 9.17) is 4.74 Å². The van der Waals surface area contributed by atoms with Crippen molar-refractivity contribution < 1.29 is 14.3 Å². The first-order chi connectivity index (χ1) is 16.4. The average molecular weight is 517 g/mol. The fourth-order valence-corrected chi connectivity index (χ4v) is 6.99. The number of hydrogen-bond acceptors (Lipinski definition) is 9. The van der Waals surface area contributed by atoms with Crippen molar-refractivity contribution in [2.75, 3.05) is 17.2 Å². The van der Waals surface area contributed by atoms with Crippen LogP contribution in [0.3, 0.4) is 0 Å². The Balaban J connectivity index is 1.44. The Morgan fingerprint density at radius 2 is 1.97 bits per heavy atom. The number of fused-ring (bicyclic) bond motifs is 1. The molecule has 3 aromatic rings. The summed E-state index contributed by atoms with van der Waals surface area (Å²) >= 11 is 4.26. The van der Waals surface area contributed by atoms with E-state index in [0.717, 1.165) is 42.5 Å². The van der Waals surface area contributed by atoms with Crippen molar-refractivity contribution >= 4 is 62.1 Å². The van der Waals surface area contributed by atoms with Crippen LogP contribution >= 0.6 is 34.4 Å². The van der Waals surface area contributed by atoms with Gasteiger partial charge in [0.05, 0.1) is 17.4 Å². The fraction of sp³-hybridized carbons (Fsp3) is 0.417. The summed E-state index contributed by atoms with van der Waals surface area (Å²) in [5.74, 6) is -0.530. The van der Waals surface area contributed by atoms with E-state index < -0.39 is 5.25 Å². The predicted octanol–water partition coefficient (Wildman–Crippen LogP) is 6.13. The molecule has 7 nitrogen and oxygen atoms in total. The van der Waals surface area contributed by atoms with Gasteiger partial charge in [0.25, 0.3) is 0 Å². The molecule has 0 fully saturated rings. The molecule has 0 saturated carbocycles. The second kappa shape index (κ2) is 10.9. The number of thioether (sulfide) groups is 1. The number of aromatic nitrogens is 2. The monoisotopic (exact) mass is 516 g/mol. The van der Waals surface area contributed by atoms with Crippen molar-refractivity contribution in [3.63, 3.8) is 0 Å². The molecular formula is C24H28N4O3S3. The van der Waals surface area contributed by atoms with Gasteiger partial charge in [-0.25, -0.2) is 4.79 Å². The third kappa shape index (κ3) is 5.45. The number of carbonyl (C=O) groups excluding carboxylic acids is 2. The van der Waals surface area contributed by atoms with E-state index in [-0.39, 0.29) is 11.9 Å². The zero-order chi connectivity index (χ0) is 24.2. The number of nitrogens with one attached hydrogen (secondary N) is 2. The zero-order valence-electron chi connectivity index (χ0n) is 19.7. The van der Waals surface area contributed by atoms with Crippen LogP contribution in [0.2, 0.25) is 0 Å². The van der Waals surface area contributed by atoms with Crippen LogP contribution < -0.4 is 10.6 Å². The molecule has 0 radical (unpaired) electrons. The van der Waals surface area contributed by atoms with Gasteiger partial charge in [-0.05, 0) is 76.1 Å². The van der Waals surface area contributed by atoms with Crippen molar-refractivity contribution in [1.82, 2.24) is 10.2 Å². The average Bonchev–Trinajstić information content (AvgIpc) is 3.40. The maximum Gasteiger partial charge on any atom is 0.341 e. The first-order valence-corrected chi connectivity index (χ1v) is 13.8. The maximum absolute atomic E-state index is 13.0. The Bertz CT molecular complexity index is 1200. The van der Waals surface area contributed by atoms with Gasteiger partial charge in [0.2, 0.25) is 11.0 Å². The predicted molar refractivity (Wildman–Crippen MR) is 140 cm³/mol. The van der Waals surface area contributed by atoms with Gasteiger partial charge in [0, 0.05) is 10.6 Å². The molecule has 0 saturated heterocycles. The van der Waals surface area contributed by atoms with Gasteiger partial charge in [0.1, 0.15) is 5.00 Å². The van der Waals surface area contributed by atoms with Crippen molar-refractivity contribution in [3.8, 4) is 0 Å². The molecule has 1 atom stereocenters. The van der Waals surface area contributed by atoms with Crippen LogP contribution in [-0.4, -0.2) is 33.9 Å². The van der Waals surface area contributed by atoms with E-state index in [0.29, 0.717) is 26.6 Å². The highest BCUT2D eigenvalue weighted by atomic mass is 32.2. The topological polar surface area (TPSA) is 93.2 Å². The number of carbonyl (C=O) groups is 2. The van der Waals surface area contributed by atoms with E-state index in [1.54, 1.807) is 6.92 Å². The molecule has 10 heteroatoms. The molecule has 0 aliphatic heterocycles. The number of hydrogen-bond donors (Lipinski definition) is 2. The lowest BCUT2D eigenvalue weighted by Gasteiger charge is -2.13. The second-order valence-corrected chi connectivity index (χ2v) is 11.8. The van der Waals surface area contributed by atoms with Crippen molar-refractivity contribution in [3.05, 3.63) is 45.3 Å². The quantitative estimate of drug-likeness (QED) is 0.275. The molecule has 0 spiro atoms. The highest BCUT2D eigenvalue weighted by Crippen LogP contribution is 2.39. The maximum atomic E-state index is 13.0. The first-order valence-electron chi connectivity index (χ1n) is 11.3. The van der Waals surface area contributed by atoms with Crippen LogP contribution in [0.1, 0.15) is 58.6 Å². The number of thiophene rings is 1. The van der Waals surface area contributed by atoms with Crippen molar-refractivity contribution in [2.24, 2.45) is 0 Å². The van der Waals surface area contributed by atoms with Gasteiger partial charge in [-0.1, -0.05) is 35.2 Å². The molecule has 2 heterocycles. The molecule has 34 heavy (non-hydrogen) atoms. The Hall–Kier alpha value is -2.43. The minimum atomic E-state index is -0.407. The summed E-state index contributed by atoms with van der Waals surface area (Å²) in [7, 11) is 0. The summed E-state index contributed by atoms with van der Waals surface area (Å²) in [6, 6.07) is 6.08. The van der Waals surface area contributed by atoms with E-state index in [9.17, 15) is 9.59 Å². The first kappa shape index (κ1) is 24.7. The minimum Gasteiger partial charge on any atom is -0.462 e. The van der Waals surface area contributed by atoms with Crippen LogP contribution in [0.25, 0.3) is 0 Å². The third-order valence-corrected chi connectivity index (χ3v) is 9.02. The number of esters is 1. The number of ether oxygens (including phenoxy) is 1. The summed E-state index contributed by atoms with van der Waals surface area (Å²) in [6.07, 6.45) is 3.94. The second-order valence-electron chi connectivity index (χ2n) is 8.13. The number of amides is 1. The normalized spacial score (nSPS) is 13.8. The Labute approximate surface area is 211 Å². The highest BCUT2D eigenvalue weighted by Gasteiger charge is 2.28. The van der Waals surface area contributed by atoms with Gasteiger partial charge < -0.3 is 15.4 Å². The van der Waals surface area contributed by atoms with Crippen molar-refractivity contribution in [1.29, 1.82) is 0 Å². The summed E-state index contributed by atoms with van der Waals surface area (Å²) in [5, 5.41) is 15.6. The number of benzene rings is 1. The summed E-state index contributed by atoms with van der Waals surface area (Å²) in [5.41, 5.74) is 4.92. The molecule has 0 bridgehead atoms. The smallest absolute Gasteiger partial charge is 0.341 e. The Morgan fingerprint density at radius 3 is 2.76 bits per heavy atom. The van der Waals surface area contributed by atoms with Crippen LogP contribution in [0.15, 0.2) is 22.5 Å². The standard InChI is InChI=1S/C24H28N4O3S3/c1-5-31-22(30)19-16-10-6-7-12-18(16)33-21(19)26-20(29)15(4)32-24-28-27-23(34-24)25-17-11-8-9-13(2)14(17)3/h8-9,11,15H,5-7,10,12H2,1-4H3,(H,25,27)(H,26,29)/t15-/m1/s1. The summed E-state index contributed by atoms with van der Waals surface area (Å²) < 4.78 is 5.99. The molecule has 0 unspecified atom stereocenters. The van der Waals surface area contributed by atoms with Gasteiger partial charge in [0.15, 0.2) is 4.34 Å². The molecule has 2 N–H and O–H groups in total. The van der Waals surface area contributed by atoms with Crippen LogP contribution in [0.5, 0.6) is 0 Å². The molecular weight excluding hydrogens is 488 g/mol. The lowest BCUT2D eigenvalue weighted by molar-refractivity contribution is -0.115. The van der Waals surface area contributed by atoms with Crippen LogP contribution in [0, 0.1) is 13.8 Å². The van der Waals surface area contributed by atoms with Gasteiger partial charge in [-0.2, -0.15) is 0 Å². The zero-order valence-corrected chi connectivity index (χ0v) is 22.1. The Morgan fingerprint density at radius 1 is 1.18 bits per heavy atom. The van der Waals surface area contributed by atoms with Gasteiger partial charge in [-0.15, -0.1) is 21.5 Å². The van der Waals surface area contributed by atoms with Crippen LogP contribution in [0.4, 0.5) is 15.8 Å². The third-order valence-electron chi connectivity index (χ3n) is 5.79. The number of anilines is 3. The molecule has 2 aromatic heterocycles. The largest absolute Gasteiger partial charge is 0.462 e. The number of nitrogens with zero attached hydrogens (tertiary/aromatic N) is 2. The lowest BCUT2D eigenvalue weighted by Crippen LogP contribution is -2.23. The van der Waals surface area contributed by atoms with E-state index in [2.05, 4.69) is 40.7 Å². The summed E-state index contributed by atoms with van der Waals surface area (Å²) in [4.78, 5) is 26.8. The van der Waals surface area contributed by atoms with Crippen LogP contribution in [-0.2, 0) is 22.4 Å². The van der Waals surface area contributed by atoms with Gasteiger partial charge in [-0.3, -0.25) is 4.79 Å². The number of rotatable bonds is 8. The molecule has 1 aromatic carbocycles. The van der Waals surface area contributed by atoms with Gasteiger partial charge >= 0.3 is 5.97 Å². The SMILES string of the molecule is CCOC(=O)c1c(NC(=O)[C@@H](C)Sc2nnc(Nc3cccc(C)c3C)s2)sc2c1CCCC2. The molecule has 1 amide bonds. The molecule has 1 aliphatic rings. The Kier molecular flexibility index (Phi) is 7.90. The fourth-order valence-electron chi connectivity index (χ4n) is 3.80. The van der Waals surface area contributed by atoms with E-state index in [1.807, 2.05) is 19.1 Å². The summed E-state index contributed by atoms with van der Waals surface area (Å²) in [6.45, 7) is 8.06. The highest BCUT2D eigenvalue weighted by molar-refractivity contribution is 8.02. The van der Waals surface area contributed by atoms with E-state index in [1.165, 1.54) is 44.9 Å². The lowest BCUT2D eigenvalue weighted by atomic mass is 9.95. The number of aryl methyl sites for hydroxylation is 2. The molecule has 4 rings (SSSR count). The minimum absolute atomic E-state index is 0.173. The van der Waals surface area contributed by atoms with E-state index >= 15 is 0 Å². The molecule has 180 valence electrons. The van der Waals surface area contributed by atoms with Crippen molar-refractivity contribution in [2.45, 2.75) is 63.0 Å².